The maximum absolute atomic E-state index is 12.6. The first-order chi connectivity index (χ1) is 6.59. The average Bonchev–Trinajstić information content (AvgIpc) is 2.15. The molecule has 0 saturated heterocycles. The Hall–Kier alpha value is -1.18. The second-order valence-electron chi connectivity index (χ2n) is 3.69. The summed E-state index contributed by atoms with van der Waals surface area (Å²) in [5, 5.41) is 0. The van der Waals surface area contributed by atoms with Crippen molar-refractivity contribution < 1.29 is 9.18 Å². The molecule has 1 aromatic carbocycles. The van der Waals surface area contributed by atoms with Gasteiger partial charge in [0.05, 0.1) is 0 Å². The van der Waals surface area contributed by atoms with E-state index in [-0.39, 0.29) is 11.6 Å². The second-order valence-corrected chi connectivity index (χ2v) is 3.69. The van der Waals surface area contributed by atoms with Crippen LogP contribution in [-0.4, -0.2) is 5.78 Å². The van der Waals surface area contributed by atoms with Crippen LogP contribution < -0.4 is 0 Å². The van der Waals surface area contributed by atoms with E-state index in [1.54, 1.807) is 19.1 Å². The van der Waals surface area contributed by atoms with Crippen molar-refractivity contribution in [1.29, 1.82) is 0 Å². The van der Waals surface area contributed by atoms with Gasteiger partial charge in [0.15, 0.2) is 0 Å². The molecular formula is C12H15FO. The first kappa shape index (κ1) is 10.9. The minimum atomic E-state index is -0.215. The molecule has 1 aromatic rings. The third-order valence-electron chi connectivity index (χ3n) is 2.37. The molecule has 0 radical (unpaired) electrons. The van der Waals surface area contributed by atoms with E-state index in [9.17, 15) is 9.18 Å². The number of benzene rings is 1. The smallest absolute Gasteiger partial charge is 0.129 e. The lowest BCUT2D eigenvalue weighted by Crippen LogP contribution is -1.97. The average molecular weight is 194 g/mol. The summed E-state index contributed by atoms with van der Waals surface area (Å²) in [7, 11) is 0. The highest BCUT2D eigenvalue weighted by atomic mass is 19.1. The van der Waals surface area contributed by atoms with Gasteiger partial charge in [-0.1, -0.05) is 19.1 Å². The summed E-state index contributed by atoms with van der Waals surface area (Å²) in [6, 6.07) is 6.47. The lowest BCUT2D eigenvalue weighted by molar-refractivity contribution is -0.117. The van der Waals surface area contributed by atoms with Gasteiger partial charge < -0.3 is 4.79 Å². The Morgan fingerprint density at radius 1 is 1.36 bits per heavy atom. The summed E-state index contributed by atoms with van der Waals surface area (Å²) < 4.78 is 12.6. The third-order valence-corrected chi connectivity index (χ3v) is 2.37. The lowest BCUT2D eigenvalue weighted by atomic mass is 9.95. The SMILES string of the molecule is CC(=O)CCC(C)c1ccc(F)cc1. The van der Waals surface area contributed by atoms with E-state index in [2.05, 4.69) is 6.92 Å². The molecule has 76 valence electrons. The molecule has 1 atom stereocenters. The quantitative estimate of drug-likeness (QED) is 0.718. The maximum atomic E-state index is 12.6. The van der Waals surface area contributed by atoms with Crippen molar-refractivity contribution in [3.63, 3.8) is 0 Å². The highest BCUT2D eigenvalue weighted by Gasteiger charge is 2.06. The predicted octanol–water partition coefficient (Wildman–Crippen LogP) is 3.30. The molecule has 1 rings (SSSR count). The van der Waals surface area contributed by atoms with Crippen LogP contribution in [0.4, 0.5) is 4.39 Å². The van der Waals surface area contributed by atoms with E-state index in [4.69, 9.17) is 0 Å². The number of halogens is 1. The molecule has 0 aliphatic carbocycles. The normalized spacial score (nSPS) is 12.5. The monoisotopic (exact) mass is 194 g/mol. The number of hydrogen-bond acceptors (Lipinski definition) is 1. The highest BCUT2D eigenvalue weighted by Crippen LogP contribution is 2.20. The van der Waals surface area contributed by atoms with Crippen molar-refractivity contribution in [2.45, 2.75) is 32.6 Å². The van der Waals surface area contributed by atoms with E-state index in [1.807, 2.05) is 0 Å². The maximum Gasteiger partial charge on any atom is 0.129 e. The Labute approximate surface area is 83.9 Å². The Bertz CT molecular complexity index is 303. The van der Waals surface area contributed by atoms with Gasteiger partial charge in [-0.05, 0) is 37.0 Å². The van der Waals surface area contributed by atoms with Crippen molar-refractivity contribution in [3.05, 3.63) is 35.6 Å². The largest absolute Gasteiger partial charge is 0.300 e. The zero-order chi connectivity index (χ0) is 10.6. The van der Waals surface area contributed by atoms with Crippen LogP contribution in [0.1, 0.15) is 38.2 Å². The second kappa shape index (κ2) is 4.89. The summed E-state index contributed by atoms with van der Waals surface area (Å²) in [5.74, 6) is 0.311. The Morgan fingerprint density at radius 3 is 2.43 bits per heavy atom. The van der Waals surface area contributed by atoms with Crippen LogP contribution in [0.2, 0.25) is 0 Å². The first-order valence-corrected chi connectivity index (χ1v) is 4.84. The van der Waals surface area contributed by atoms with Gasteiger partial charge in [-0.15, -0.1) is 0 Å². The lowest BCUT2D eigenvalue weighted by Gasteiger charge is -2.10. The molecule has 1 nitrogen and oxygen atoms in total. The van der Waals surface area contributed by atoms with Crippen LogP contribution in [0.5, 0.6) is 0 Å². The van der Waals surface area contributed by atoms with Gasteiger partial charge in [-0.25, -0.2) is 4.39 Å². The number of carbonyl (C=O) groups excluding carboxylic acids is 1. The van der Waals surface area contributed by atoms with Crippen molar-refractivity contribution in [3.8, 4) is 0 Å². The molecule has 0 aliphatic rings. The Balaban J connectivity index is 2.56. The summed E-state index contributed by atoms with van der Waals surface area (Å²) in [5.41, 5.74) is 1.09. The summed E-state index contributed by atoms with van der Waals surface area (Å²) >= 11 is 0. The number of carbonyl (C=O) groups is 1. The molecular weight excluding hydrogens is 179 g/mol. The fraction of sp³-hybridized carbons (Fsp3) is 0.417. The van der Waals surface area contributed by atoms with Gasteiger partial charge in [-0.3, -0.25) is 0 Å². The minimum absolute atomic E-state index is 0.207. The number of ketones is 1. The molecule has 0 saturated carbocycles. The van der Waals surface area contributed by atoms with Gasteiger partial charge in [0.1, 0.15) is 11.6 Å². The fourth-order valence-corrected chi connectivity index (χ4v) is 1.38. The standard InChI is InChI=1S/C12H15FO/c1-9(3-4-10(2)14)11-5-7-12(13)8-6-11/h5-9H,3-4H2,1-2H3. The van der Waals surface area contributed by atoms with E-state index in [0.717, 1.165) is 12.0 Å². The van der Waals surface area contributed by atoms with Crippen LogP contribution in [0.3, 0.4) is 0 Å². The molecule has 0 spiro atoms. The molecule has 0 N–H and O–H groups in total. The molecule has 2 heteroatoms. The van der Waals surface area contributed by atoms with Crippen molar-refractivity contribution in [2.75, 3.05) is 0 Å². The van der Waals surface area contributed by atoms with Crippen LogP contribution >= 0.6 is 0 Å². The zero-order valence-electron chi connectivity index (χ0n) is 8.59. The molecule has 1 unspecified atom stereocenters. The van der Waals surface area contributed by atoms with Gasteiger partial charge in [0.2, 0.25) is 0 Å². The molecule has 14 heavy (non-hydrogen) atoms. The first-order valence-electron chi connectivity index (χ1n) is 4.84. The van der Waals surface area contributed by atoms with E-state index in [0.29, 0.717) is 12.3 Å². The highest BCUT2D eigenvalue weighted by molar-refractivity contribution is 5.75. The molecule has 0 aliphatic heterocycles. The topological polar surface area (TPSA) is 17.1 Å². The summed E-state index contributed by atoms with van der Waals surface area (Å²) in [6.45, 7) is 3.65. The fourth-order valence-electron chi connectivity index (χ4n) is 1.38. The van der Waals surface area contributed by atoms with Crippen molar-refractivity contribution in [2.24, 2.45) is 0 Å². The molecule has 0 heterocycles. The molecule has 0 bridgehead atoms. The van der Waals surface area contributed by atoms with Gasteiger partial charge in [-0.2, -0.15) is 0 Å². The predicted molar refractivity (Wildman–Crippen MR) is 54.7 cm³/mol. The molecule has 0 amide bonds. The summed E-state index contributed by atoms with van der Waals surface area (Å²) in [4.78, 5) is 10.8. The van der Waals surface area contributed by atoms with Crippen molar-refractivity contribution >= 4 is 5.78 Å². The number of Topliss-reactive ketones (excluding diaryl/α,β-unsaturated/α-hetero) is 1. The van der Waals surface area contributed by atoms with Gasteiger partial charge in [0.25, 0.3) is 0 Å². The molecule has 0 aromatic heterocycles. The summed E-state index contributed by atoms with van der Waals surface area (Å²) in [6.07, 6.45) is 1.43. The van der Waals surface area contributed by atoms with Crippen LogP contribution in [-0.2, 0) is 4.79 Å². The zero-order valence-corrected chi connectivity index (χ0v) is 8.59. The Kier molecular flexibility index (Phi) is 3.81. The molecule has 0 fully saturated rings. The minimum Gasteiger partial charge on any atom is -0.300 e. The van der Waals surface area contributed by atoms with E-state index >= 15 is 0 Å². The van der Waals surface area contributed by atoms with Crippen LogP contribution in [0.25, 0.3) is 0 Å². The Morgan fingerprint density at radius 2 is 1.93 bits per heavy atom. The third kappa shape index (κ3) is 3.29. The van der Waals surface area contributed by atoms with Crippen molar-refractivity contribution in [1.82, 2.24) is 0 Å². The van der Waals surface area contributed by atoms with Crippen LogP contribution in [0.15, 0.2) is 24.3 Å². The number of rotatable bonds is 4. The number of hydrogen-bond donors (Lipinski definition) is 0. The van der Waals surface area contributed by atoms with E-state index < -0.39 is 0 Å². The van der Waals surface area contributed by atoms with E-state index in [1.165, 1.54) is 12.1 Å². The van der Waals surface area contributed by atoms with Gasteiger partial charge in [0, 0.05) is 6.42 Å². The van der Waals surface area contributed by atoms with Crippen LogP contribution in [0, 0.1) is 5.82 Å². The van der Waals surface area contributed by atoms with Gasteiger partial charge >= 0.3 is 0 Å².